The van der Waals surface area contributed by atoms with Gasteiger partial charge in [-0.2, -0.15) is 0 Å². The van der Waals surface area contributed by atoms with Gasteiger partial charge in [0, 0.05) is 12.8 Å². The van der Waals surface area contributed by atoms with Crippen molar-refractivity contribution in [1.82, 2.24) is 0 Å². The van der Waals surface area contributed by atoms with Crippen LogP contribution in [0.5, 0.6) is 0 Å². The first kappa shape index (κ1) is 67.6. The molecule has 420 valence electrons. The molecule has 6 unspecified atom stereocenters. The third-order valence-corrected chi connectivity index (χ3v) is 15.1. The Labute approximate surface area is 433 Å². The quantitative estimate of drug-likeness (QED) is 0.0145. The van der Waals surface area contributed by atoms with Crippen molar-refractivity contribution in [2.75, 3.05) is 13.2 Å². The van der Waals surface area contributed by atoms with Gasteiger partial charge in [0.25, 0.3) is 0 Å². The number of esters is 2. The maximum atomic E-state index is 12.9. The van der Waals surface area contributed by atoms with Gasteiger partial charge in [0.1, 0.15) is 43.2 Å². The average molecular weight is 1030 g/mol. The highest BCUT2D eigenvalue weighted by atomic mass is 31.2. The lowest BCUT2D eigenvalue weighted by Crippen LogP contribution is -2.64. The second kappa shape index (κ2) is 47.1. The van der Waals surface area contributed by atoms with E-state index in [-0.39, 0.29) is 12.8 Å². The van der Waals surface area contributed by atoms with E-state index in [1.165, 1.54) is 193 Å². The van der Waals surface area contributed by atoms with Crippen LogP contribution in [-0.2, 0) is 32.7 Å². The molecular weight excluding hydrogens is 924 g/mol. The lowest BCUT2D eigenvalue weighted by atomic mass is 9.85. The highest BCUT2D eigenvalue weighted by Gasteiger charge is 2.51. The second-order valence-electron chi connectivity index (χ2n) is 20.9. The summed E-state index contributed by atoms with van der Waals surface area (Å²) in [4.78, 5) is 36.0. The molecule has 71 heavy (non-hydrogen) atoms. The summed E-state index contributed by atoms with van der Waals surface area (Å²) in [6.07, 6.45) is 41.1. The number of allylic oxidation sites excluding steroid dienone is 2. The SMILES string of the molecule is CCCCCCCCCC/C=C\CCCCCCCCCCCC(=O)OC(COC(=O)CCCCCCCCCCCCCCCCCCCCCCC)COP(=O)(O)OC1C(O)C(O)C(O)C(O)C1O. The Morgan fingerprint density at radius 2 is 0.718 bits per heavy atom. The zero-order valence-corrected chi connectivity index (χ0v) is 46.2. The molecule has 1 fully saturated rings. The van der Waals surface area contributed by atoms with E-state index in [1.54, 1.807) is 0 Å². The maximum absolute atomic E-state index is 12.9. The van der Waals surface area contributed by atoms with Gasteiger partial charge < -0.3 is 39.9 Å². The largest absolute Gasteiger partial charge is 0.472 e. The standard InChI is InChI=1S/C57H109O13P/c1-3-5-7-9-11-13-15-17-19-21-23-25-27-29-31-33-35-37-39-41-43-45-50(58)67-47-49(48-68-71(65,66)70-57-55(63)53(61)52(60)54(62)56(57)64)69-51(59)46-44-42-40-38-36-34-32-30-28-26-24-22-20-18-16-14-12-10-8-6-4-2/h22,24,49,52-57,60-64H,3-21,23,25-48H2,1-2H3,(H,65,66)/b24-22-. The van der Waals surface area contributed by atoms with E-state index in [0.717, 1.165) is 51.4 Å². The van der Waals surface area contributed by atoms with Crippen LogP contribution in [0.25, 0.3) is 0 Å². The van der Waals surface area contributed by atoms with Gasteiger partial charge in [-0.15, -0.1) is 0 Å². The van der Waals surface area contributed by atoms with E-state index >= 15 is 0 Å². The molecule has 0 amide bonds. The summed E-state index contributed by atoms with van der Waals surface area (Å²) in [5.74, 6) is -1.08. The second-order valence-corrected chi connectivity index (χ2v) is 22.3. The Bertz CT molecular complexity index is 1290. The molecule has 1 saturated carbocycles. The van der Waals surface area contributed by atoms with Gasteiger partial charge in [0.15, 0.2) is 6.10 Å². The summed E-state index contributed by atoms with van der Waals surface area (Å²) in [6, 6.07) is 0. The Morgan fingerprint density at radius 1 is 0.423 bits per heavy atom. The molecule has 1 aliphatic carbocycles. The molecule has 14 heteroatoms. The van der Waals surface area contributed by atoms with Gasteiger partial charge in [-0.05, 0) is 38.5 Å². The molecule has 0 bridgehead atoms. The molecule has 1 rings (SSSR count). The molecule has 1 aliphatic rings. The van der Waals surface area contributed by atoms with Crippen LogP contribution in [0.2, 0.25) is 0 Å². The van der Waals surface area contributed by atoms with Crippen LogP contribution in [0.4, 0.5) is 0 Å². The third kappa shape index (κ3) is 38.8. The number of hydrogen-bond donors (Lipinski definition) is 6. The lowest BCUT2D eigenvalue weighted by molar-refractivity contribution is -0.220. The summed E-state index contributed by atoms with van der Waals surface area (Å²) in [5, 5.41) is 50.4. The van der Waals surface area contributed by atoms with Gasteiger partial charge >= 0.3 is 19.8 Å². The highest BCUT2D eigenvalue weighted by Crippen LogP contribution is 2.47. The number of aliphatic hydroxyl groups is 5. The smallest absolute Gasteiger partial charge is 0.462 e. The first-order chi connectivity index (χ1) is 34.4. The molecule has 0 saturated heterocycles. The molecule has 0 radical (unpaired) electrons. The molecule has 0 aromatic rings. The summed E-state index contributed by atoms with van der Waals surface area (Å²) in [5.41, 5.74) is 0. The zero-order chi connectivity index (χ0) is 52.1. The number of carbonyl (C=O) groups excluding carboxylic acids is 2. The Hall–Kier alpha value is -1.41. The third-order valence-electron chi connectivity index (χ3n) is 14.1. The minimum absolute atomic E-state index is 0.0995. The molecule has 0 aromatic heterocycles. The normalized spacial score (nSPS) is 20.6. The van der Waals surface area contributed by atoms with Crippen molar-refractivity contribution in [3.63, 3.8) is 0 Å². The van der Waals surface area contributed by atoms with E-state index in [4.69, 9.17) is 18.5 Å². The van der Waals surface area contributed by atoms with Gasteiger partial charge in [-0.25, -0.2) is 4.57 Å². The number of phosphoric acid groups is 1. The van der Waals surface area contributed by atoms with E-state index in [2.05, 4.69) is 26.0 Å². The summed E-state index contributed by atoms with van der Waals surface area (Å²) >= 11 is 0. The first-order valence-electron chi connectivity index (χ1n) is 29.5. The van der Waals surface area contributed by atoms with Crippen LogP contribution in [-0.4, -0.2) is 98.3 Å². The van der Waals surface area contributed by atoms with Gasteiger partial charge in [-0.1, -0.05) is 244 Å². The Kier molecular flexibility index (Phi) is 44.8. The predicted octanol–water partition coefficient (Wildman–Crippen LogP) is 13.7. The fraction of sp³-hybridized carbons (Fsp3) is 0.930. The summed E-state index contributed by atoms with van der Waals surface area (Å²) < 4.78 is 33.8. The van der Waals surface area contributed by atoms with E-state index in [9.17, 15) is 44.6 Å². The van der Waals surface area contributed by atoms with Gasteiger partial charge in [-0.3, -0.25) is 18.6 Å². The minimum Gasteiger partial charge on any atom is -0.462 e. The first-order valence-corrected chi connectivity index (χ1v) is 31.0. The topological polar surface area (TPSA) is 210 Å². The van der Waals surface area contributed by atoms with Crippen molar-refractivity contribution in [2.24, 2.45) is 0 Å². The molecule has 0 heterocycles. The monoisotopic (exact) mass is 1030 g/mol. The van der Waals surface area contributed by atoms with Crippen molar-refractivity contribution >= 4 is 19.8 Å². The number of aliphatic hydroxyl groups excluding tert-OH is 5. The van der Waals surface area contributed by atoms with Crippen LogP contribution in [0.3, 0.4) is 0 Å². The van der Waals surface area contributed by atoms with Crippen LogP contribution in [0.1, 0.15) is 284 Å². The number of unbranched alkanes of at least 4 members (excludes halogenated alkanes) is 37. The van der Waals surface area contributed by atoms with E-state index in [1.807, 2.05) is 0 Å². The van der Waals surface area contributed by atoms with Gasteiger partial charge in [0.2, 0.25) is 0 Å². The molecule has 6 N–H and O–H groups in total. The fourth-order valence-electron chi connectivity index (χ4n) is 9.40. The van der Waals surface area contributed by atoms with Crippen molar-refractivity contribution in [1.29, 1.82) is 0 Å². The number of hydrogen-bond acceptors (Lipinski definition) is 12. The molecular formula is C57H109O13P. The Balaban J connectivity index is 2.31. The lowest BCUT2D eigenvalue weighted by Gasteiger charge is -2.41. The van der Waals surface area contributed by atoms with Crippen molar-refractivity contribution < 1.29 is 63.1 Å². The Morgan fingerprint density at radius 3 is 1.07 bits per heavy atom. The molecule has 0 spiro atoms. The van der Waals surface area contributed by atoms with Crippen molar-refractivity contribution in [3.8, 4) is 0 Å². The molecule has 13 nitrogen and oxygen atoms in total. The number of carbonyl (C=O) groups is 2. The van der Waals surface area contributed by atoms with Crippen LogP contribution in [0.15, 0.2) is 12.2 Å². The van der Waals surface area contributed by atoms with Crippen molar-refractivity contribution in [3.05, 3.63) is 12.2 Å². The van der Waals surface area contributed by atoms with Crippen LogP contribution in [0, 0.1) is 0 Å². The maximum Gasteiger partial charge on any atom is 0.472 e. The molecule has 6 atom stereocenters. The summed E-state index contributed by atoms with van der Waals surface area (Å²) in [7, 11) is -5.12. The van der Waals surface area contributed by atoms with Crippen LogP contribution >= 0.6 is 7.82 Å². The van der Waals surface area contributed by atoms with Crippen molar-refractivity contribution in [2.45, 2.75) is 326 Å². The number of ether oxygens (including phenoxy) is 2. The summed E-state index contributed by atoms with van der Waals surface area (Å²) in [6.45, 7) is 3.37. The fourth-order valence-corrected chi connectivity index (χ4v) is 10.4. The van der Waals surface area contributed by atoms with E-state index in [0.29, 0.717) is 12.8 Å². The number of phosphoric ester groups is 1. The predicted molar refractivity (Wildman–Crippen MR) is 286 cm³/mol. The van der Waals surface area contributed by atoms with Crippen LogP contribution < -0.4 is 0 Å². The average Bonchev–Trinajstić information content (AvgIpc) is 3.35. The molecule has 0 aromatic carbocycles. The molecule has 0 aliphatic heterocycles. The van der Waals surface area contributed by atoms with Gasteiger partial charge in [0.05, 0.1) is 6.61 Å². The zero-order valence-electron chi connectivity index (χ0n) is 45.3. The minimum atomic E-state index is -5.12. The number of rotatable bonds is 51. The van der Waals surface area contributed by atoms with E-state index < -0.39 is 75.7 Å². The highest BCUT2D eigenvalue weighted by molar-refractivity contribution is 7.47.